The molecule has 3 aromatic rings. The number of aromatic nitrogens is 1. The van der Waals surface area contributed by atoms with Crippen LogP contribution in [0.3, 0.4) is 0 Å². The lowest BCUT2D eigenvalue weighted by Gasteiger charge is -2.34. The van der Waals surface area contributed by atoms with Gasteiger partial charge in [-0.05, 0) is 35.9 Å². The predicted molar refractivity (Wildman–Crippen MR) is 101 cm³/mol. The predicted octanol–water partition coefficient (Wildman–Crippen LogP) is 4.30. The van der Waals surface area contributed by atoms with Gasteiger partial charge < -0.3 is 10.5 Å². The van der Waals surface area contributed by atoms with Crippen LogP contribution >= 0.6 is 11.8 Å². The zero-order valence-corrected chi connectivity index (χ0v) is 14.5. The molecule has 0 saturated carbocycles. The Hall–Kier alpha value is -2.86. The van der Waals surface area contributed by atoms with E-state index in [1.54, 1.807) is 12.1 Å². The maximum absolute atomic E-state index is 14.2. The van der Waals surface area contributed by atoms with Gasteiger partial charge in [-0.25, -0.2) is 9.98 Å². The first-order chi connectivity index (χ1) is 12.7. The molecule has 5 rings (SSSR count). The van der Waals surface area contributed by atoms with Gasteiger partial charge >= 0.3 is 0 Å². The Morgan fingerprint density at radius 2 is 1.88 bits per heavy atom. The molecule has 1 spiro atoms. The quantitative estimate of drug-likeness (QED) is 0.655. The average molecular weight is 363 g/mol. The van der Waals surface area contributed by atoms with Crippen LogP contribution in [-0.4, -0.2) is 15.9 Å². The Bertz CT molecular complexity index is 1070. The number of thioether (sulfide) groups is 1. The largest absolute Gasteiger partial charge is 0.457 e. The molecule has 2 aliphatic rings. The van der Waals surface area contributed by atoms with E-state index in [1.807, 2.05) is 42.5 Å². The number of hydrogen-bond acceptors (Lipinski definition) is 5. The molecule has 2 N–H and O–H groups in total. The van der Waals surface area contributed by atoms with E-state index in [0.717, 1.165) is 28.2 Å². The zero-order chi connectivity index (χ0) is 17.7. The third-order valence-electron chi connectivity index (χ3n) is 4.78. The molecule has 26 heavy (non-hydrogen) atoms. The second-order valence-electron chi connectivity index (χ2n) is 6.25. The number of benzene rings is 2. The molecule has 0 saturated heterocycles. The molecule has 3 heterocycles. The number of para-hydroxylation sites is 1. The van der Waals surface area contributed by atoms with E-state index in [9.17, 15) is 4.39 Å². The number of ether oxygens (including phenoxy) is 1. The molecule has 0 aliphatic carbocycles. The van der Waals surface area contributed by atoms with Gasteiger partial charge in [0.2, 0.25) is 5.95 Å². The van der Waals surface area contributed by atoms with E-state index in [0.29, 0.717) is 16.5 Å². The fourth-order valence-electron chi connectivity index (χ4n) is 3.58. The van der Waals surface area contributed by atoms with Crippen LogP contribution in [0.2, 0.25) is 0 Å². The van der Waals surface area contributed by atoms with Crippen LogP contribution in [0.25, 0.3) is 11.1 Å². The fraction of sp³-hybridized carbons (Fsp3) is 0.100. The molecule has 0 bridgehead atoms. The van der Waals surface area contributed by atoms with E-state index >= 15 is 0 Å². The van der Waals surface area contributed by atoms with Crippen LogP contribution in [0.5, 0.6) is 11.5 Å². The summed E-state index contributed by atoms with van der Waals surface area (Å²) in [5.41, 5.74) is 8.47. The van der Waals surface area contributed by atoms with Gasteiger partial charge in [-0.2, -0.15) is 4.39 Å². The summed E-state index contributed by atoms with van der Waals surface area (Å²) in [5, 5.41) is 0.547. The van der Waals surface area contributed by atoms with Gasteiger partial charge in [-0.3, -0.25) is 0 Å². The maximum Gasteiger partial charge on any atom is 0.220 e. The second-order valence-corrected chi connectivity index (χ2v) is 7.25. The average Bonchev–Trinajstić information content (AvgIpc) is 3.05. The van der Waals surface area contributed by atoms with E-state index in [4.69, 9.17) is 15.5 Å². The minimum atomic E-state index is -0.617. The van der Waals surface area contributed by atoms with Crippen LogP contribution < -0.4 is 10.5 Å². The number of halogens is 1. The topological polar surface area (TPSA) is 60.5 Å². The summed E-state index contributed by atoms with van der Waals surface area (Å²) in [6, 6.07) is 16.9. The Labute approximate surface area is 153 Å². The number of amidine groups is 1. The van der Waals surface area contributed by atoms with Crippen molar-refractivity contribution in [2.24, 2.45) is 10.7 Å². The standard InChI is InChI=1S/C20H14FN3OS/c21-18-13(4-3-9-23-18)12-7-8-17-15(10-12)20(11-26-19(22)24-20)14-5-1-2-6-16(14)25-17/h1-10H,11H2,(H2,22,24). The number of pyridine rings is 1. The highest BCUT2D eigenvalue weighted by atomic mass is 32.2. The highest BCUT2D eigenvalue weighted by Crippen LogP contribution is 2.53. The first-order valence-corrected chi connectivity index (χ1v) is 9.17. The van der Waals surface area contributed by atoms with Gasteiger partial charge in [0.15, 0.2) is 5.17 Å². The van der Waals surface area contributed by atoms with Gasteiger partial charge in [0.05, 0.1) is 0 Å². The minimum absolute atomic E-state index is 0.451. The lowest BCUT2D eigenvalue weighted by molar-refractivity contribution is 0.416. The number of rotatable bonds is 1. The van der Waals surface area contributed by atoms with E-state index in [2.05, 4.69) is 4.98 Å². The molecular formula is C20H14FN3OS. The van der Waals surface area contributed by atoms with Crippen molar-refractivity contribution < 1.29 is 9.13 Å². The van der Waals surface area contributed by atoms with Gasteiger partial charge in [-0.15, -0.1) is 0 Å². The third kappa shape index (κ3) is 2.15. The van der Waals surface area contributed by atoms with Crippen molar-refractivity contribution in [2.45, 2.75) is 5.54 Å². The molecule has 2 aromatic carbocycles. The van der Waals surface area contributed by atoms with Crippen molar-refractivity contribution in [3.05, 3.63) is 77.9 Å². The summed E-state index contributed by atoms with van der Waals surface area (Å²) in [5.74, 6) is 1.68. The van der Waals surface area contributed by atoms with Gasteiger partial charge in [0.1, 0.15) is 17.0 Å². The van der Waals surface area contributed by atoms with Crippen molar-refractivity contribution in [1.29, 1.82) is 0 Å². The van der Waals surface area contributed by atoms with Crippen molar-refractivity contribution in [2.75, 3.05) is 5.75 Å². The molecule has 6 heteroatoms. The van der Waals surface area contributed by atoms with E-state index in [1.165, 1.54) is 18.0 Å². The number of nitrogens with zero attached hydrogens (tertiary/aromatic N) is 2. The number of fused-ring (bicyclic) bond motifs is 4. The summed E-state index contributed by atoms with van der Waals surface area (Å²) < 4.78 is 20.3. The summed E-state index contributed by atoms with van der Waals surface area (Å²) in [7, 11) is 0. The van der Waals surface area contributed by atoms with Crippen molar-refractivity contribution in [3.63, 3.8) is 0 Å². The van der Waals surface area contributed by atoms with E-state index in [-0.39, 0.29) is 0 Å². The lowest BCUT2D eigenvalue weighted by atomic mass is 9.81. The number of hydrogen-bond donors (Lipinski definition) is 1. The van der Waals surface area contributed by atoms with Crippen LogP contribution in [0.4, 0.5) is 4.39 Å². The Morgan fingerprint density at radius 3 is 2.69 bits per heavy atom. The second kappa shape index (κ2) is 5.57. The summed E-state index contributed by atoms with van der Waals surface area (Å²) in [6.45, 7) is 0. The maximum atomic E-state index is 14.2. The Morgan fingerprint density at radius 1 is 1.04 bits per heavy atom. The highest BCUT2D eigenvalue weighted by molar-refractivity contribution is 8.14. The SMILES string of the molecule is NC1=NC2(CS1)c1ccccc1Oc1ccc(-c3cccnc3F)cc12. The molecule has 4 nitrogen and oxygen atoms in total. The molecule has 1 aromatic heterocycles. The first kappa shape index (κ1) is 15.4. The Kier molecular flexibility index (Phi) is 3.30. The van der Waals surface area contributed by atoms with Crippen LogP contribution in [0.1, 0.15) is 11.1 Å². The molecule has 0 amide bonds. The molecule has 2 aliphatic heterocycles. The third-order valence-corrected chi connectivity index (χ3v) is 5.73. The van der Waals surface area contributed by atoms with Gasteiger partial charge in [0.25, 0.3) is 0 Å². The van der Waals surface area contributed by atoms with Crippen molar-refractivity contribution in [3.8, 4) is 22.6 Å². The molecule has 128 valence electrons. The number of aliphatic imine (C=N–C) groups is 1. The van der Waals surface area contributed by atoms with Crippen molar-refractivity contribution in [1.82, 2.24) is 4.98 Å². The van der Waals surface area contributed by atoms with Gasteiger partial charge in [0, 0.05) is 28.6 Å². The molecule has 0 radical (unpaired) electrons. The van der Waals surface area contributed by atoms with Crippen LogP contribution in [-0.2, 0) is 5.54 Å². The summed E-state index contributed by atoms with van der Waals surface area (Å²) in [4.78, 5) is 8.54. The summed E-state index contributed by atoms with van der Waals surface area (Å²) >= 11 is 1.52. The molecule has 1 atom stereocenters. The fourth-order valence-corrected chi connectivity index (χ4v) is 4.53. The first-order valence-electron chi connectivity index (χ1n) is 8.18. The molecule has 0 fully saturated rings. The van der Waals surface area contributed by atoms with Crippen LogP contribution in [0.15, 0.2) is 65.8 Å². The molecule has 1 unspecified atom stereocenters. The normalized spacial score (nSPS) is 20.3. The van der Waals surface area contributed by atoms with E-state index < -0.39 is 11.5 Å². The Balaban J connectivity index is 1.76. The minimum Gasteiger partial charge on any atom is -0.457 e. The summed E-state index contributed by atoms with van der Waals surface area (Å²) in [6.07, 6.45) is 1.44. The van der Waals surface area contributed by atoms with Crippen LogP contribution in [0, 0.1) is 5.95 Å². The van der Waals surface area contributed by atoms with Gasteiger partial charge in [-0.1, -0.05) is 36.0 Å². The molecular weight excluding hydrogens is 349 g/mol. The zero-order valence-electron chi connectivity index (χ0n) is 13.6. The number of nitrogens with two attached hydrogens (primary N) is 1. The lowest BCUT2D eigenvalue weighted by Crippen LogP contribution is -2.30. The highest BCUT2D eigenvalue weighted by Gasteiger charge is 2.45. The smallest absolute Gasteiger partial charge is 0.220 e. The monoisotopic (exact) mass is 363 g/mol. The van der Waals surface area contributed by atoms with Crippen molar-refractivity contribution >= 4 is 16.9 Å².